The number of benzene rings is 2. The molecule has 1 N–H and O–H groups in total. The molecule has 2 aromatic rings. The number of halogens is 2. The van der Waals surface area contributed by atoms with Gasteiger partial charge in [0.15, 0.2) is 0 Å². The molecule has 2 aromatic carbocycles. The summed E-state index contributed by atoms with van der Waals surface area (Å²) in [6, 6.07) is 11.2. The first-order valence-electron chi connectivity index (χ1n) is 8.20. The number of anilines is 1. The Labute approximate surface area is 161 Å². The summed E-state index contributed by atoms with van der Waals surface area (Å²) in [6.45, 7) is 0.530. The van der Waals surface area contributed by atoms with Crippen molar-refractivity contribution in [2.75, 3.05) is 19.0 Å². The fourth-order valence-electron chi connectivity index (χ4n) is 3.01. The third kappa shape index (κ3) is 3.94. The second kappa shape index (κ2) is 7.98. The van der Waals surface area contributed by atoms with E-state index in [1.54, 1.807) is 54.5 Å². The number of nitrogens with one attached hydrogen (secondary N) is 1. The van der Waals surface area contributed by atoms with Gasteiger partial charge < -0.3 is 15.0 Å². The summed E-state index contributed by atoms with van der Waals surface area (Å²) in [5, 5.41) is 3.64. The highest BCUT2D eigenvalue weighted by Gasteiger charge is 2.34. The number of methoxy groups -OCH3 is 1. The van der Waals surface area contributed by atoms with Gasteiger partial charge in [-0.05, 0) is 49.2 Å². The largest absolute Gasteiger partial charge is 0.497 e. The number of rotatable bonds is 4. The molecule has 0 bridgehead atoms. The van der Waals surface area contributed by atoms with E-state index in [1.807, 2.05) is 0 Å². The van der Waals surface area contributed by atoms with Crippen LogP contribution in [0.15, 0.2) is 42.5 Å². The first-order chi connectivity index (χ1) is 12.5. The van der Waals surface area contributed by atoms with Crippen LogP contribution in [0.5, 0.6) is 5.75 Å². The third-order valence-electron chi connectivity index (χ3n) is 4.32. The van der Waals surface area contributed by atoms with Gasteiger partial charge in [-0.25, -0.2) is 0 Å². The molecule has 3 rings (SSSR count). The van der Waals surface area contributed by atoms with E-state index in [-0.39, 0.29) is 11.8 Å². The molecule has 1 aliphatic rings. The van der Waals surface area contributed by atoms with E-state index in [0.717, 1.165) is 6.42 Å². The van der Waals surface area contributed by atoms with Crippen molar-refractivity contribution in [2.24, 2.45) is 0 Å². The van der Waals surface area contributed by atoms with Crippen LogP contribution in [0.2, 0.25) is 10.0 Å². The van der Waals surface area contributed by atoms with E-state index in [2.05, 4.69) is 5.32 Å². The highest BCUT2D eigenvalue weighted by atomic mass is 35.5. The van der Waals surface area contributed by atoms with Gasteiger partial charge in [0.25, 0.3) is 5.91 Å². The lowest BCUT2D eigenvalue weighted by Crippen LogP contribution is -2.43. The maximum Gasteiger partial charge on any atom is 0.254 e. The van der Waals surface area contributed by atoms with Crippen LogP contribution in [0, 0.1) is 0 Å². The number of likely N-dealkylation sites (tertiary alicyclic amines) is 1. The normalized spacial score (nSPS) is 16.4. The topological polar surface area (TPSA) is 58.6 Å². The summed E-state index contributed by atoms with van der Waals surface area (Å²) in [7, 11) is 1.55. The highest BCUT2D eigenvalue weighted by Crippen LogP contribution is 2.27. The van der Waals surface area contributed by atoms with Gasteiger partial charge >= 0.3 is 0 Å². The number of hydrogen-bond donors (Lipinski definition) is 1. The van der Waals surface area contributed by atoms with Gasteiger partial charge in [0.05, 0.1) is 17.8 Å². The summed E-state index contributed by atoms with van der Waals surface area (Å²) in [6.07, 6.45) is 1.37. The zero-order chi connectivity index (χ0) is 18.7. The van der Waals surface area contributed by atoms with Gasteiger partial charge in [-0.3, -0.25) is 9.59 Å². The van der Waals surface area contributed by atoms with Crippen molar-refractivity contribution < 1.29 is 14.3 Å². The summed E-state index contributed by atoms with van der Waals surface area (Å²) in [4.78, 5) is 27.1. The predicted molar refractivity (Wildman–Crippen MR) is 102 cm³/mol. The zero-order valence-corrected chi connectivity index (χ0v) is 15.7. The summed E-state index contributed by atoms with van der Waals surface area (Å²) < 4.78 is 5.17. The van der Waals surface area contributed by atoms with Crippen LogP contribution in [0.3, 0.4) is 0 Å². The Morgan fingerprint density at radius 3 is 2.73 bits per heavy atom. The van der Waals surface area contributed by atoms with Crippen molar-refractivity contribution in [1.82, 2.24) is 4.90 Å². The standard InChI is InChI=1S/C19H18Cl2N2O3/c1-26-14-5-2-4-12(10-14)19(25)23-9-3-6-17(23)18(24)22-16-8-7-13(20)11-15(16)21/h2,4-5,7-8,10-11,17H,3,6,9H2,1H3,(H,22,24). The van der Waals surface area contributed by atoms with Crippen LogP contribution in [0.4, 0.5) is 5.69 Å². The fraction of sp³-hybridized carbons (Fsp3) is 0.263. The first-order valence-corrected chi connectivity index (χ1v) is 8.96. The van der Waals surface area contributed by atoms with Gasteiger partial charge in [-0.1, -0.05) is 29.3 Å². The Kier molecular flexibility index (Phi) is 5.69. The second-order valence-electron chi connectivity index (χ2n) is 6.00. The molecule has 1 saturated heterocycles. The molecule has 1 heterocycles. The van der Waals surface area contributed by atoms with Crippen molar-refractivity contribution in [3.8, 4) is 5.75 Å². The average molecular weight is 393 g/mol. The van der Waals surface area contributed by atoms with Gasteiger partial charge in [-0.15, -0.1) is 0 Å². The Bertz CT molecular complexity index is 841. The van der Waals surface area contributed by atoms with Crippen LogP contribution < -0.4 is 10.1 Å². The Morgan fingerprint density at radius 1 is 1.19 bits per heavy atom. The molecule has 136 valence electrons. The van der Waals surface area contributed by atoms with Gasteiger partial charge in [-0.2, -0.15) is 0 Å². The molecule has 5 nitrogen and oxygen atoms in total. The van der Waals surface area contributed by atoms with Gasteiger partial charge in [0.2, 0.25) is 5.91 Å². The Morgan fingerprint density at radius 2 is 2.00 bits per heavy atom. The van der Waals surface area contributed by atoms with E-state index in [4.69, 9.17) is 27.9 Å². The quantitative estimate of drug-likeness (QED) is 0.845. The second-order valence-corrected chi connectivity index (χ2v) is 6.85. The minimum Gasteiger partial charge on any atom is -0.497 e. The lowest BCUT2D eigenvalue weighted by molar-refractivity contribution is -0.119. The number of nitrogens with zero attached hydrogens (tertiary/aromatic N) is 1. The van der Waals surface area contributed by atoms with Crippen LogP contribution >= 0.6 is 23.2 Å². The van der Waals surface area contributed by atoms with Gasteiger partial charge in [0.1, 0.15) is 11.8 Å². The molecule has 1 fully saturated rings. The average Bonchev–Trinajstić information content (AvgIpc) is 3.13. The smallest absolute Gasteiger partial charge is 0.254 e. The maximum absolute atomic E-state index is 12.8. The first kappa shape index (κ1) is 18.5. The molecule has 2 amide bonds. The van der Waals surface area contributed by atoms with Crippen LogP contribution in [-0.4, -0.2) is 36.4 Å². The van der Waals surface area contributed by atoms with Crippen molar-refractivity contribution >= 4 is 40.7 Å². The lowest BCUT2D eigenvalue weighted by atomic mass is 10.1. The number of hydrogen-bond acceptors (Lipinski definition) is 3. The van der Waals surface area contributed by atoms with E-state index in [9.17, 15) is 9.59 Å². The van der Waals surface area contributed by atoms with E-state index < -0.39 is 6.04 Å². The van der Waals surface area contributed by atoms with Crippen molar-refractivity contribution in [2.45, 2.75) is 18.9 Å². The summed E-state index contributed by atoms with van der Waals surface area (Å²) >= 11 is 12.0. The molecule has 0 aliphatic carbocycles. The fourth-order valence-corrected chi connectivity index (χ4v) is 3.47. The van der Waals surface area contributed by atoms with E-state index in [0.29, 0.717) is 40.0 Å². The molecule has 0 saturated carbocycles. The molecule has 1 unspecified atom stereocenters. The molecule has 7 heteroatoms. The highest BCUT2D eigenvalue weighted by molar-refractivity contribution is 6.36. The third-order valence-corrected chi connectivity index (χ3v) is 4.87. The summed E-state index contributed by atoms with van der Waals surface area (Å²) in [5.74, 6) is 0.149. The van der Waals surface area contributed by atoms with E-state index in [1.165, 1.54) is 0 Å². The van der Waals surface area contributed by atoms with Crippen molar-refractivity contribution in [1.29, 1.82) is 0 Å². The van der Waals surface area contributed by atoms with Crippen molar-refractivity contribution in [3.05, 3.63) is 58.1 Å². The number of carbonyl (C=O) groups excluding carboxylic acids is 2. The van der Waals surface area contributed by atoms with Crippen LogP contribution in [-0.2, 0) is 4.79 Å². The SMILES string of the molecule is COc1cccc(C(=O)N2CCCC2C(=O)Nc2ccc(Cl)cc2Cl)c1. The van der Waals surface area contributed by atoms with Crippen molar-refractivity contribution in [3.63, 3.8) is 0 Å². The molecular formula is C19H18Cl2N2O3. The number of amides is 2. The van der Waals surface area contributed by atoms with Crippen LogP contribution in [0.25, 0.3) is 0 Å². The molecule has 1 aliphatic heterocycles. The maximum atomic E-state index is 12.8. The Hall–Kier alpha value is -2.24. The molecular weight excluding hydrogens is 375 g/mol. The number of ether oxygens (including phenoxy) is 1. The minimum atomic E-state index is -0.541. The van der Waals surface area contributed by atoms with Crippen LogP contribution in [0.1, 0.15) is 23.2 Å². The monoisotopic (exact) mass is 392 g/mol. The minimum absolute atomic E-state index is 0.191. The summed E-state index contributed by atoms with van der Waals surface area (Å²) in [5.41, 5.74) is 0.968. The number of carbonyl (C=O) groups is 2. The molecule has 0 spiro atoms. The molecule has 0 aromatic heterocycles. The zero-order valence-electron chi connectivity index (χ0n) is 14.2. The lowest BCUT2D eigenvalue weighted by Gasteiger charge is -2.24. The molecule has 0 radical (unpaired) electrons. The predicted octanol–water partition coefficient (Wildman–Crippen LogP) is 4.25. The van der Waals surface area contributed by atoms with E-state index >= 15 is 0 Å². The molecule has 26 heavy (non-hydrogen) atoms. The Balaban J connectivity index is 1.76. The van der Waals surface area contributed by atoms with Gasteiger partial charge in [0, 0.05) is 17.1 Å². The molecule has 1 atom stereocenters.